The molecule has 1 aromatic carbocycles. The van der Waals surface area contributed by atoms with Gasteiger partial charge in [-0.15, -0.1) is 0 Å². The van der Waals surface area contributed by atoms with Gasteiger partial charge in [0.2, 0.25) is 0 Å². The molecule has 0 aliphatic carbocycles. The zero-order chi connectivity index (χ0) is 21.9. The minimum absolute atomic E-state index is 0.318. The first kappa shape index (κ1) is 24.0. The second-order valence-corrected chi connectivity index (χ2v) is 8.93. The predicted octanol–water partition coefficient (Wildman–Crippen LogP) is 3.52. The van der Waals surface area contributed by atoms with Crippen molar-refractivity contribution < 1.29 is 9.47 Å². The molecule has 0 spiro atoms. The van der Waals surface area contributed by atoms with Crippen molar-refractivity contribution in [2.45, 2.75) is 70.7 Å². The molecule has 1 aromatic rings. The Morgan fingerprint density at radius 1 is 1.26 bits per heavy atom. The summed E-state index contributed by atoms with van der Waals surface area (Å²) in [6.07, 6.45) is 6.18. The number of nitrogens with zero attached hydrogens (tertiary/aromatic N) is 3. The molecule has 2 aliphatic rings. The largest absolute Gasteiger partial charge is 0.376 e. The third-order valence-electron chi connectivity index (χ3n) is 6.45. The first-order chi connectivity index (χ1) is 15.2. The number of nitrogens with one attached hydrogen (secondary N) is 1. The van der Waals surface area contributed by atoms with E-state index in [2.05, 4.69) is 66.3 Å². The molecular weight excluding hydrogens is 388 g/mol. The summed E-state index contributed by atoms with van der Waals surface area (Å²) in [6.45, 7) is 10.8. The van der Waals surface area contributed by atoms with Crippen LogP contribution >= 0.6 is 0 Å². The van der Waals surface area contributed by atoms with Crippen molar-refractivity contribution in [3.05, 3.63) is 35.9 Å². The molecule has 174 valence electrons. The van der Waals surface area contributed by atoms with Gasteiger partial charge in [-0.1, -0.05) is 30.3 Å². The Balaban J connectivity index is 1.40. The molecule has 0 aromatic heterocycles. The summed E-state index contributed by atoms with van der Waals surface area (Å²) in [4.78, 5) is 9.75. The van der Waals surface area contributed by atoms with Crippen LogP contribution in [0.25, 0.3) is 0 Å². The lowest BCUT2D eigenvalue weighted by Crippen LogP contribution is -2.47. The summed E-state index contributed by atoms with van der Waals surface area (Å²) in [5.41, 5.74) is 1.36. The van der Waals surface area contributed by atoms with Gasteiger partial charge in [0.05, 0.1) is 18.8 Å². The summed E-state index contributed by atoms with van der Waals surface area (Å²) in [5.74, 6) is 1.05. The predicted molar refractivity (Wildman–Crippen MR) is 127 cm³/mol. The van der Waals surface area contributed by atoms with Gasteiger partial charge in [0, 0.05) is 45.4 Å². The zero-order valence-corrected chi connectivity index (χ0v) is 19.8. The van der Waals surface area contributed by atoms with Crippen molar-refractivity contribution in [1.82, 2.24) is 15.1 Å². The highest BCUT2D eigenvalue weighted by Crippen LogP contribution is 2.18. The van der Waals surface area contributed by atoms with Gasteiger partial charge in [-0.3, -0.25) is 9.89 Å². The van der Waals surface area contributed by atoms with Crippen LogP contribution in [0.5, 0.6) is 0 Å². The SMILES string of the molecule is CCNC(=NCCC(C)N(C)Cc1ccccc1)N1CCC(OCC2CCCO2)CC1. The molecular formula is C25H42N4O2. The Kier molecular flexibility index (Phi) is 10.1. The highest BCUT2D eigenvalue weighted by Gasteiger charge is 2.24. The number of ether oxygens (including phenoxy) is 2. The van der Waals surface area contributed by atoms with E-state index in [9.17, 15) is 0 Å². The number of piperidine rings is 1. The maximum atomic E-state index is 6.13. The number of guanidine groups is 1. The molecule has 1 N–H and O–H groups in total. The van der Waals surface area contributed by atoms with E-state index in [-0.39, 0.29) is 0 Å². The smallest absolute Gasteiger partial charge is 0.193 e. The number of hydrogen-bond donors (Lipinski definition) is 1. The number of likely N-dealkylation sites (tertiary alicyclic amines) is 1. The number of hydrogen-bond acceptors (Lipinski definition) is 4. The van der Waals surface area contributed by atoms with Gasteiger partial charge < -0.3 is 19.7 Å². The van der Waals surface area contributed by atoms with Crippen LogP contribution in [0.15, 0.2) is 35.3 Å². The Labute approximate surface area is 189 Å². The molecule has 2 atom stereocenters. The third kappa shape index (κ3) is 8.09. The summed E-state index contributed by atoms with van der Waals surface area (Å²) in [5, 5.41) is 3.49. The fourth-order valence-corrected chi connectivity index (χ4v) is 4.28. The van der Waals surface area contributed by atoms with Crippen LogP contribution in [0, 0.1) is 0 Å². The van der Waals surface area contributed by atoms with Gasteiger partial charge in [-0.2, -0.15) is 0 Å². The number of benzene rings is 1. The van der Waals surface area contributed by atoms with Crippen molar-refractivity contribution in [3.63, 3.8) is 0 Å². The van der Waals surface area contributed by atoms with Crippen LogP contribution in [0.3, 0.4) is 0 Å². The van der Waals surface area contributed by atoms with E-state index in [1.807, 2.05) is 0 Å². The van der Waals surface area contributed by atoms with E-state index >= 15 is 0 Å². The molecule has 2 saturated heterocycles. The quantitative estimate of drug-likeness (QED) is 0.455. The maximum absolute atomic E-state index is 6.13. The molecule has 6 heteroatoms. The molecule has 0 bridgehead atoms. The summed E-state index contributed by atoms with van der Waals surface area (Å²) in [7, 11) is 2.20. The average molecular weight is 431 g/mol. The first-order valence-corrected chi connectivity index (χ1v) is 12.2. The van der Waals surface area contributed by atoms with Crippen molar-refractivity contribution in [1.29, 1.82) is 0 Å². The van der Waals surface area contributed by atoms with Crippen LogP contribution in [-0.2, 0) is 16.0 Å². The van der Waals surface area contributed by atoms with Crippen LogP contribution in [0.1, 0.15) is 51.5 Å². The number of rotatable bonds is 10. The monoisotopic (exact) mass is 430 g/mol. The standard InChI is InChI=1S/C25H42N4O2/c1-4-26-25(27-15-12-21(2)28(3)19-22-9-6-5-7-10-22)29-16-13-23(14-17-29)31-20-24-11-8-18-30-24/h5-7,9-10,21,23-24H,4,8,11-20H2,1-3H3,(H,26,27). The highest BCUT2D eigenvalue weighted by molar-refractivity contribution is 5.80. The second-order valence-electron chi connectivity index (χ2n) is 8.93. The van der Waals surface area contributed by atoms with Crippen LogP contribution in [0.4, 0.5) is 0 Å². The lowest BCUT2D eigenvalue weighted by molar-refractivity contribution is -0.0367. The van der Waals surface area contributed by atoms with E-state index in [0.29, 0.717) is 18.2 Å². The lowest BCUT2D eigenvalue weighted by atomic mass is 10.1. The first-order valence-electron chi connectivity index (χ1n) is 12.2. The van der Waals surface area contributed by atoms with Crippen LogP contribution < -0.4 is 5.32 Å². The Hall–Kier alpha value is -1.63. The van der Waals surface area contributed by atoms with E-state index < -0.39 is 0 Å². The molecule has 3 rings (SSSR count). The highest BCUT2D eigenvalue weighted by atomic mass is 16.5. The Morgan fingerprint density at radius 3 is 2.71 bits per heavy atom. The van der Waals surface area contributed by atoms with E-state index in [4.69, 9.17) is 14.5 Å². The van der Waals surface area contributed by atoms with Gasteiger partial charge in [-0.05, 0) is 58.6 Å². The van der Waals surface area contributed by atoms with Gasteiger partial charge in [0.25, 0.3) is 0 Å². The average Bonchev–Trinajstić information content (AvgIpc) is 3.32. The van der Waals surface area contributed by atoms with Crippen molar-refractivity contribution in [3.8, 4) is 0 Å². The molecule has 6 nitrogen and oxygen atoms in total. The van der Waals surface area contributed by atoms with Gasteiger partial charge in [0.15, 0.2) is 5.96 Å². The maximum Gasteiger partial charge on any atom is 0.193 e. The fraction of sp³-hybridized carbons (Fsp3) is 0.720. The normalized spacial score (nSPS) is 21.6. The Morgan fingerprint density at radius 2 is 2.03 bits per heavy atom. The molecule has 0 radical (unpaired) electrons. The van der Waals surface area contributed by atoms with Gasteiger partial charge >= 0.3 is 0 Å². The summed E-state index contributed by atoms with van der Waals surface area (Å²) < 4.78 is 11.8. The zero-order valence-electron chi connectivity index (χ0n) is 19.8. The molecule has 0 saturated carbocycles. The molecule has 0 amide bonds. The van der Waals surface area contributed by atoms with E-state index in [1.54, 1.807) is 0 Å². The van der Waals surface area contributed by atoms with Crippen molar-refractivity contribution in [2.75, 3.05) is 46.4 Å². The summed E-state index contributed by atoms with van der Waals surface area (Å²) in [6, 6.07) is 11.2. The minimum Gasteiger partial charge on any atom is -0.376 e. The molecule has 31 heavy (non-hydrogen) atoms. The lowest BCUT2D eigenvalue weighted by Gasteiger charge is -2.34. The van der Waals surface area contributed by atoms with Gasteiger partial charge in [-0.25, -0.2) is 0 Å². The van der Waals surface area contributed by atoms with Crippen LogP contribution in [0.2, 0.25) is 0 Å². The number of aliphatic imine (C=N–C) groups is 1. The molecule has 2 heterocycles. The van der Waals surface area contributed by atoms with E-state index in [1.165, 1.54) is 12.0 Å². The Bertz CT molecular complexity index is 640. The van der Waals surface area contributed by atoms with Gasteiger partial charge in [0.1, 0.15) is 0 Å². The minimum atomic E-state index is 0.318. The third-order valence-corrected chi connectivity index (χ3v) is 6.45. The topological polar surface area (TPSA) is 49.3 Å². The second kappa shape index (κ2) is 13.0. The molecule has 2 unspecified atom stereocenters. The van der Waals surface area contributed by atoms with E-state index in [0.717, 1.165) is 77.6 Å². The van der Waals surface area contributed by atoms with Crippen molar-refractivity contribution >= 4 is 5.96 Å². The molecule has 2 aliphatic heterocycles. The van der Waals surface area contributed by atoms with Crippen molar-refractivity contribution in [2.24, 2.45) is 4.99 Å². The molecule has 2 fully saturated rings. The summed E-state index contributed by atoms with van der Waals surface area (Å²) >= 11 is 0. The van der Waals surface area contributed by atoms with Crippen LogP contribution in [-0.4, -0.2) is 80.4 Å². The fourth-order valence-electron chi connectivity index (χ4n) is 4.28.